The van der Waals surface area contributed by atoms with Crippen LogP contribution in [0.1, 0.15) is 48.8 Å². The summed E-state index contributed by atoms with van der Waals surface area (Å²) in [6, 6.07) is 8.44. The van der Waals surface area contributed by atoms with Gasteiger partial charge in [-0.25, -0.2) is 0 Å². The molecule has 30 heavy (non-hydrogen) atoms. The molecule has 160 valence electrons. The van der Waals surface area contributed by atoms with Crippen molar-refractivity contribution in [3.05, 3.63) is 64.6 Å². The summed E-state index contributed by atoms with van der Waals surface area (Å²) in [6.07, 6.45) is 2.29. The summed E-state index contributed by atoms with van der Waals surface area (Å²) >= 11 is 0. The van der Waals surface area contributed by atoms with Crippen molar-refractivity contribution in [1.82, 2.24) is 4.90 Å². The van der Waals surface area contributed by atoms with E-state index in [1.165, 1.54) is 11.2 Å². The summed E-state index contributed by atoms with van der Waals surface area (Å²) in [6.45, 7) is 11.5. The lowest BCUT2D eigenvalue weighted by atomic mass is 9.96. The number of nitrogens with one attached hydrogen (secondary N) is 1. The zero-order valence-electron chi connectivity index (χ0n) is 18.2. The first-order valence-electron chi connectivity index (χ1n) is 10.6. The van der Waals surface area contributed by atoms with Crippen LogP contribution in [0.5, 0.6) is 0 Å². The summed E-state index contributed by atoms with van der Waals surface area (Å²) in [5, 5.41) is 11.1. The Morgan fingerprint density at radius 2 is 1.90 bits per heavy atom. The van der Waals surface area contributed by atoms with Crippen molar-refractivity contribution >= 4 is 17.4 Å². The number of quaternary nitrogens is 1. The number of aliphatic hydroxyl groups is 1. The van der Waals surface area contributed by atoms with E-state index in [1.807, 2.05) is 32.0 Å². The SMILES string of the molecule is CC[NH+](CC)CCCN1C(=O)C(=O)C(=C(O)c2cc(C)ccc2C)[C@@H]1c1ccco1. The maximum absolute atomic E-state index is 13.0. The Morgan fingerprint density at radius 3 is 2.53 bits per heavy atom. The number of ketones is 1. The number of likely N-dealkylation sites (tertiary alicyclic amines) is 1. The zero-order chi connectivity index (χ0) is 21.8. The average Bonchev–Trinajstić information content (AvgIpc) is 3.35. The minimum Gasteiger partial charge on any atom is -0.507 e. The van der Waals surface area contributed by atoms with E-state index in [9.17, 15) is 14.7 Å². The van der Waals surface area contributed by atoms with Crippen LogP contribution in [0, 0.1) is 13.8 Å². The summed E-state index contributed by atoms with van der Waals surface area (Å²) in [7, 11) is 0. The number of rotatable bonds is 8. The van der Waals surface area contributed by atoms with Crippen molar-refractivity contribution in [2.24, 2.45) is 0 Å². The second kappa shape index (κ2) is 9.30. The lowest BCUT2D eigenvalue weighted by Crippen LogP contribution is -3.11. The second-order valence-electron chi connectivity index (χ2n) is 7.89. The van der Waals surface area contributed by atoms with E-state index in [1.54, 1.807) is 17.0 Å². The summed E-state index contributed by atoms with van der Waals surface area (Å²) in [4.78, 5) is 28.9. The third-order valence-electron chi connectivity index (χ3n) is 5.93. The number of furan rings is 1. The molecule has 6 nitrogen and oxygen atoms in total. The van der Waals surface area contributed by atoms with E-state index in [-0.39, 0.29) is 11.3 Å². The number of hydrogen-bond acceptors (Lipinski definition) is 4. The molecule has 1 aliphatic heterocycles. The largest absolute Gasteiger partial charge is 0.507 e. The average molecular weight is 412 g/mol. The maximum Gasteiger partial charge on any atom is 0.295 e. The lowest BCUT2D eigenvalue weighted by Gasteiger charge is -2.24. The molecule has 1 aromatic carbocycles. The number of aliphatic hydroxyl groups excluding tert-OH is 1. The minimum absolute atomic E-state index is 0.0961. The molecule has 0 bridgehead atoms. The topological polar surface area (TPSA) is 75.2 Å². The zero-order valence-corrected chi connectivity index (χ0v) is 18.2. The molecule has 0 saturated carbocycles. The molecule has 3 rings (SSSR count). The Labute approximate surface area is 177 Å². The van der Waals surface area contributed by atoms with Crippen molar-refractivity contribution in [1.29, 1.82) is 0 Å². The molecule has 2 aromatic rings. The first-order valence-corrected chi connectivity index (χ1v) is 10.6. The van der Waals surface area contributed by atoms with Gasteiger partial charge in [-0.3, -0.25) is 9.59 Å². The van der Waals surface area contributed by atoms with Crippen LogP contribution >= 0.6 is 0 Å². The summed E-state index contributed by atoms with van der Waals surface area (Å²) < 4.78 is 5.59. The van der Waals surface area contributed by atoms with Gasteiger partial charge >= 0.3 is 0 Å². The van der Waals surface area contributed by atoms with E-state index >= 15 is 0 Å². The van der Waals surface area contributed by atoms with Crippen molar-refractivity contribution < 1.29 is 24.0 Å². The van der Waals surface area contributed by atoms with Crippen LogP contribution in [0.2, 0.25) is 0 Å². The maximum atomic E-state index is 13.0. The molecule has 1 aromatic heterocycles. The standard InChI is InChI=1S/C24H30N2O4/c1-5-25(6-2)12-8-13-26-21(19-9-7-14-30-19)20(23(28)24(26)29)22(27)18-15-16(3)10-11-17(18)4/h7,9-11,14-15,21,27H,5-6,8,12-13H2,1-4H3/p+1/t21-/m0/s1. The number of aryl methyl sites for hydroxylation is 2. The fourth-order valence-electron chi connectivity index (χ4n) is 4.09. The second-order valence-corrected chi connectivity index (χ2v) is 7.89. The Balaban J connectivity index is 2.01. The molecule has 0 aliphatic carbocycles. The molecule has 1 amide bonds. The molecule has 2 N–H and O–H groups in total. The smallest absolute Gasteiger partial charge is 0.295 e. The van der Waals surface area contributed by atoms with Crippen molar-refractivity contribution in [2.75, 3.05) is 26.2 Å². The molecule has 0 radical (unpaired) electrons. The Morgan fingerprint density at radius 1 is 1.17 bits per heavy atom. The van der Waals surface area contributed by atoms with Crippen LogP contribution in [0.25, 0.3) is 5.76 Å². The predicted molar refractivity (Wildman–Crippen MR) is 115 cm³/mol. The molecule has 0 unspecified atom stereocenters. The van der Waals surface area contributed by atoms with E-state index in [4.69, 9.17) is 4.42 Å². The fourth-order valence-corrected chi connectivity index (χ4v) is 4.09. The van der Waals surface area contributed by atoms with Gasteiger partial charge in [0.1, 0.15) is 17.6 Å². The number of carbonyl (C=O) groups excluding carboxylic acids is 2. The van der Waals surface area contributed by atoms with Gasteiger partial charge in [-0.05, 0) is 51.5 Å². The number of nitrogens with zero attached hydrogens (tertiary/aromatic N) is 1. The van der Waals surface area contributed by atoms with Gasteiger partial charge in [0.25, 0.3) is 11.7 Å². The highest BCUT2D eigenvalue weighted by molar-refractivity contribution is 6.46. The van der Waals surface area contributed by atoms with Crippen LogP contribution in [0.15, 0.2) is 46.6 Å². The van der Waals surface area contributed by atoms with Gasteiger partial charge in [0.15, 0.2) is 0 Å². The van der Waals surface area contributed by atoms with E-state index in [0.717, 1.165) is 37.2 Å². The number of carbonyl (C=O) groups is 2. The molecular formula is C24H31N2O4+. The van der Waals surface area contributed by atoms with Crippen molar-refractivity contribution in [3.63, 3.8) is 0 Å². The Kier molecular flexibility index (Phi) is 6.77. The molecular weight excluding hydrogens is 380 g/mol. The van der Waals surface area contributed by atoms with Gasteiger partial charge in [-0.15, -0.1) is 0 Å². The van der Waals surface area contributed by atoms with E-state index in [2.05, 4.69) is 13.8 Å². The molecule has 1 saturated heterocycles. The summed E-state index contributed by atoms with van der Waals surface area (Å²) in [5.41, 5.74) is 2.47. The van der Waals surface area contributed by atoms with Crippen molar-refractivity contribution in [2.45, 2.75) is 40.2 Å². The van der Waals surface area contributed by atoms with Crippen LogP contribution in [0.4, 0.5) is 0 Å². The quantitative estimate of drug-likeness (QED) is 0.398. The van der Waals surface area contributed by atoms with Crippen molar-refractivity contribution in [3.8, 4) is 0 Å². The molecule has 1 fully saturated rings. The third-order valence-corrected chi connectivity index (χ3v) is 5.93. The molecule has 0 spiro atoms. The third kappa shape index (κ3) is 4.19. The number of amides is 1. The van der Waals surface area contributed by atoms with Crippen LogP contribution in [-0.2, 0) is 9.59 Å². The number of benzene rings is 1. The molecule has 1 aliphatic rings. The van der Waals surface area contributed by atoms with Crippen LogP contribution in [-0.4, -0.2) is 47.9 Å². The van der Waals surface area contributed by atoms with E-state index < -0.39 is 17.7 Å². The number of hydrogen-bond donors (Lipinski definition) is 2. The highest BCUT2D eigenvalue weighted by Crippen LogP contribution is 2.40. The highest BCUT2D eigenvalue weighted by atomic mass is 16.3. The van der Waals surface area contributed by atoms with Gasteiger partial charge in [0.05, 0.1) is 31.5 Å². The predicted octanol–water partition coefficient (Wildman–Crippen LogP) is 2.63. The molecule has 2 heterocycles. The van der Waals surface area contributed by atoms with Gasteiger partial charge in [-0.1, -0.05) is 17.7 Å². The normalized spacial score (nSPS) is 18.6. The fraction of sp³-hybridized carbons (Fsp3) is 0.417. The van der Waals surface area contributed by atoms with Crippen LogP contribution in [0.3, 0.4) is 0 Å². The minimum atomic E-state index is -0.716. The van der Waals surface area contributed by atoms with Gasteiger partial charge in [-0.2, -0.15) is 0 Å². The highest BCUT2D eigenvalue weighted by Gasteiger charge is 2.47. The molecule has 6 heteroatoms. The Hall–Kier alpha value is -2.86. The first-order chi connectivity index (χ1) is 14.4. The first kappa shape index (κ1) is 21.8. The van der Waals surface area contributed by atoms with E-state index in [0.29, 0.717) is 17.9 Å². The molecule has 1 atom stereocenters. The van der Waals surface area contributed by atoms with Crippen LogP contribution < -0.4 is 4.90 Å². The van der Waals surface area contributed by atoms with Gasteiger partial charge in [0, 0.05) is 18.5 Å². The summed E-state index contributed by atoms with van der Waals surface area (Å²) in [5.74, 6) is -0.910. The van der Waals surface area contributed by atoms with Gasteiger partial charge < -0.3 is 19.3 Å². The Bertz CT molecular complexity index is 942. The number of Topliss-reactive ketones (excluding diaryl/α,β-unsaturated/α-hetero) is 1. The monoisotopic (exact) mass is 411 g/mol. The van der Waals surface area contributed by atoms with Gasteiger partial charge in [0.2, 0.25) is 0 Å². The lowest BCUT2D eigenvalue weighted by molar-refractivity contribution is -0.896.